The monoisotopic (exact) mass is 376 g/mol. The number of halogens is 1. The Balaban J connectivity index is 1.78. The highest BCUT2D eigenvalue weighted by Crippen LogP contribution is 2.28. The minimum absolute atomic E-state index is 0.000575. The average molecular weight is 377 g/mol. The van der Waals surface area contributed by atoms with E-state index in [0.29, 0.717) is 5.69 Å². The Morgan fingerprint density at radius 3 is 2.83 bits per heavy atom. The number of nitro groups is 1. The van der Waals surface area contributed by atoms with E-state index < -0.39 is 4.92 Å². The maximum atomic E-state index is 12.2. The highest BCUT2D eigenvalue weighted by atomic mass is 35.5. The zero-order chi connectivity index (χ0) is 17.1. The van der Waals surface area contributed by atoms with E-state index in [2.05, 4.69) is 4.98 Å². The Labute approximate surface area is 150 Å². The normalized spacial score (nSPS) is 11.0. The first-order valence-electron chi connectivity index (χ1n) is 6.70. The number of hydrogen-bond donors (Lipinski definition) is 0. The number of nitrogens with zero attached hydrogens (tertiary/aromatic N) is 2. The van der Waals surface area contributed by atoms with E-state index in [9.17, 15) is 14.9 Å². The molecule has 8 heteroatoms. The molecule has 0 N–H and O–H groups in total. The molecule has 2 heterocycles. The fraction of sp³-hybridized carbons (Fsp3) is 0. The Hall–Kier alpha value is -2.35. The van der Waals surface area contributed by atoms with Crippen LogP contribution in [0, 0.1) is 10.1 Å². The lowest BCUT2D eigenvalue weighted by molar-refractivity contribution is -0.384. The molecule has 0 radical (unpaired) electrons. The van der Waals surface area contributed by atoms with E-state index in [1.165, 1.54) is 35.6 Å². The zero-order valence-electron chi connectivity index (χ0n) is 12.0. The molecule has 0 aliphatic heterocycles. The topological polar surface area (TPSA) is 73.1 Å². The number of rotatable bonds is 5. The van der Waals surface area contributed by atoms with Gasteiger partial charge in [0.1, 0.15) is 10.0 Å². The van der Waals surface area contributed by atoms with Gasteiger partial charge < -0.3 is 0 Å². The van der Waals surface area contributed by atoms with E-state index in [0.717, 1.165) is 9.88 Å². The molecule has 1 aromatic carbocycles. The Bertz CT molecular complexity index is 933. The molecule has 2 aromatic heterocycles. The molecule has 0 aliphatic carbocycles. The molecule has 0 aliphatic rings. The van der Waals surface area contributed by atoms with Crippen molar-refractivity contribution in [3.05, 3.63) is 73.6 Å². The van der Waals surface area contributed by atoms with E-state index in [4.69, 9.17) is 11.6 Å². The molecule has 24 heavy (non-hydrogen) atoms. The smallest absolute Gasteiger partial charge is 0.288 e. The van der Waals surface area contributed by atoms with E-state index in [1.807, 2.05) is 22.9 Å². The molecular formula is C16H9ClN2O3S2. The third kappa shape index (κ3) is 3.59. The maximum Gasteiger partial charge on any atom is 0.288 e. The van der Waals surface area contributed by atoms with Gasteiger partial charge in [-0.2, -0.15) is 0 Å². The van der Waals surface area contributed by atoms with Gasteiger partial charge in [-0.3, -0.25) is 14.9 Å². The highest BCUT2D eigenvalue weighted by Gasteiger charge is 2.15. The average Bonchev–Trinajstić information content (AvgIpc) is 3.24. The van der Waals surface area contributed by atoms with Crippen molar-refractivity contribution in [2.75, 3.05) is 0 Å². The number of benzene rings is 1. The maximum absolute atomic E-state index is 12.2. The van der Waals surface area contributed by atoms with Gasteiger partial charge in [0.2, 0.25) is 0 Å². The van der Waals surface area contributed by atoms with Crippen LogP contribution in [0.15, 0.2) is 47.2 Å². The summed E-state index contributed by atoms with van der Waals surface area (Å²) >= 11 is 8.83. The van der Waals surface area contributed by atoms with Crippen molar-refractivity contribution in [1.82, 2.24) is 4.98 Å². The minimum Gasteiger partial charge on any atom is -0.289 e. The molecule has 0 saturated carbocycles. The molecule has 5 nitrogen and oxygen atoms in total. The summed E-state index contributed by atoms with van der Waals surface area (Å²) in [5.74, 6) is -0.347. The third-order valence-corrected chi connectivity index (χ3v) is 5.31. The van der Waals surface area contributed by atoms with Crippen molar-refractivity contribution >= 4 is 51.8 Å². The summed E-state index contributed by atoms with van der Waals surface area (Å²) in [6.45, 7) is 0. The summed E-state index contributed by atoms with van der Waals surface area (Å²) in [5.41, 5.74) is 0.584. The largest absolute Gasteiger partial charge is 0.289 e. The first-order chi connectivity index (χ1) is 11.5. The fourth-order valence-electron chi connectivity index (χ4n) is 1.94. The van der Waals surface area contributed by atoms with Gasteiger partial charge in [-0.25, -0.2) is 4.98 Å². The van der Waals surface area contributed by atoms with Gasteiger partial charge in [-0.05, 0) is 35.7 Å². The van der Waals surface area contributed by atoms with Crippen molar-refractivity contribution in [2.45, 2.75) is 0 Å². The second-order valence-corrected chi connectivity index (χ2v) is 6.89. The van der Waals surface area contributed by atoms with Gasteiger partial charge >= 0.3 is 0 Å². The minimum atomic E-state index is -0.615. The SMILES string of the molecule is O=C(C=Cc1csc(-c2cccs2)n1)c1ccc(Cl)c([N+](=O)[O-])c1. The van der Waals surface area contributed by atoms with E-state index >= 15 is 0 Å². The number of thiazole rings is 1. The van der Waals surface area contributed by atoms with Gasteiger partial charge in [-0.15, -0.1) is 22.7 Å². The summed E-state index contributed by atoms with van der Waals surface area (Å²) < 4.78 is 0. The van der Waals surface area contributed by atoms with Crippen molar-refractivity contribution in [3.63, 3.8) is 0 Å². The standard InChI is InChI=1S/C16H9ClN2O3S2/c17-12-5-3-10(8-13(12)19(21)22)14(20)6-4-11-9-24-16(18-11)15-2-1-7-23-15/h1-9H. The number of nitro benzene ring substituents is 1. The second-order valence-electron chi connectivity index (χ2n) is 4.68. The summed E-state index contributed by atoms with van der Waals surface area (Å²) in [5, 5.41) is 15.6. The summed E-state index contributed by atoms with van der Waals surface area (Å²) in [7, 11) is 0. The van der Waals surface area contributed by atoms with E-state index in [-0.39, 0.29) is 22.1 Å². The van der Waals surface area contributed by atoms with Crippen LogP contribution in [0.2, 0.25) is 5.02 Å². The summed E-state index contributed by atoms with van der Waals surface area (Å²) in [4.78, 5) is 27.9. The lowest BCUT2D eigenvalue weighted by Gasteiger charge is -1.98. The van der Waals surface area contributed by atoms with Crippen LogP contribution in [-0.4, -0.2) is 15.7 Å². The van der Waals surface area contributed by atoms with Crippen LogP contribution in [0.5, 0.6) is 0 Å². The number of allylic oxidation sites excluding steroid dienone is 1. The lowest BCUT2D eigenvalue weighted by Crippen LogP contribution is -1.97. The van der Waals surface area contributed by atoms with Crippen molar-refractivity contribution in [3.8, 4) is 9.88 Å². The van der Waals surface area contributed by atoms with Gasteiger partial charge in [0.15, 0.2) is 5.78 Å². The zero-order valence-corrected chi connectivity index (χ0v) is 14.4. The van der Waals surface area contributed by atoms with Gasteiger partial charge in [-0.1, -0.05) is 17.7 Å². The molecule has 3 rings (SSSR count). The van der Waals surface area contributed by atoms with Crippen LogP contribution >= 0.6 is 34.3 Å². The van der Waals surface area contributed by atoms with Crippen molar-refractivity contribution in [1.29, 1.82) is 0 Å². The Morgan fingerprint density at radius 2 is 2.12 bits per heavy atom. The van der Waals surface area contributed by atoms with Crippen LogP contribution in [-0.2, 0) is 0 Å². The van der Waals surface area contributed by atoms with Crippen LogP contribution in [0.1, 0.15) is 16.1 Å². The second kappa shape index (κ2) is 7.04. The van der Waals surface area contributed by atoms with Gasteiger partial charge in [0.25, 0.3) is 5.69 Å². The summed E-state index contributed by atoms with van der Waals surface area (Å²) in [6, 6.07) is 7.91. The number of carbonyl (C=O) groups excluding carboxylic acids is 1. The van der Waals surface area contributed by atoms with Gasteiger partial charge in [0.05, 0.1) is 15.5 Å². The molecule has 0 fully saturated rings. The molecule has 0 saturated heterocycles. The van der Waals surface area contributed by atoms with Crippen molar-refractivity contribution < 1.29 is 9.72 Å². The van der Waals surface area contributed by atoms with E-state index in [1.54, 1.807) is 17.4 Å². The van der Waals surface area contributed by atoms with Crippen LogP contribution in [0.3, 0.4) is 0 Å². The molecule has 0 spiro atoms. The fourth-order valence-corrected chi connectivity index (χ4v) is 3.73. The number of hydrogen-bond acceptors (Lipinski definition) is 6. The Morgan fingerprint density at radius 1 is 1.29 bits per heavy atom. The predicted molar refractivity (Wildman–Crippen MR) is 96.9 cm³/mol. The van der Waals surface area contributed by atoms with Crippen LogP contribution in [0.4, 0.5) is 5.69 Å². The molecule has 120 valence electrons. The number of ketones is 1. The Kier molecular flexibility index (Phi) is 4.84. The highest BCUT2D eigenvalue weighted by molar-refractivity contribution is 7.20. The number of thiophene rings is 1. The van der Waals surface area contributed by atoms with Crippen LogP contribution in [0.25, 0.3) is 16.0 Å². The third-order valence-electron chi connectivity index (χ3n) is 3.09. The molecule has 0 bridgehead atoms. The molecule has 0 atom stereocenters. The predicted octanol–water partition coefficient (Wildman–Crippen LogP) is 5.33. The van der Waals surface area contributed by atoms with Gasteiger partial charge in [0, 0.05) is 17.0 Å². The molecule has 0 unspecified atom stereocenters. The number of aromatic nitrogens is 1. The summed E-state index contributed by atoms with van der Waals surface area (Å²) in [6.07, 6.45) is 2.94. The quantitative estimate of drug-likeness (QED) is 0.261. The first kappa shape index (κ1) is 16.5. The molecular weight excluding hydrogens is 368 g/mol. The lowest BCUT2D eigenvalue weighted by atomic mass is 10.1. The van der Waals surface area contributed by atoms with Crippen molar-refractivity contribution in [2.24, 2.45) is 0 Å². The first-order valence-corrected chi connectivity index (χ1v) is 8.84. The van der Waals surface area contributed by atoms with Crippen LogP contribution < -0.4 is 0 Å². The molecule has 0 amide bonds. The number of carbonyl (C=O) groups is 1. The molecule has 3 aromatic rings.